The molecule has 1 atom stereocenters. The van der Waals surface area contributed by atoms with Gasteiger partial charge >= 0.3 is 0 Å². The lowest BCUT2D eigenvalue weighted by Gasteiger charge is -2.42. The first-order chi connectivity index (χ1) is 19.5. The maximum Gasteiger partial charge on any atom is 0.149 e. The predicted octanol–water partition coefficient (Wildman–Crippen LogP) is 7.54. The van der Waals surface area contributed by atoms with Gasteiger partial charge in [0.15, 0.2) is 0 Å². The number of benzene rings is 1. The molecule has 7 nitrogen and oxygen atoms in total. The fourth-order valence-electron chi connectivity index (χ4n) is 4.66. The first-order valence-electron chi connectivity index (χ1n) is 13.3. The van der Waals surface area contributed by atoms with Crippen molar-refractivity contribution < 1.29 is 9.53 Å². The van der Waals surface area contributed by atoms with Gasteiger partial charge in [-0.3, -0.25) is 9.78 Å². The van der Waals surface area contributed by atoms with Crippen LogP contribution in [0.5, 0.6) is 5.75 Å². The SMILES string of the molecule is C/C(=N/C(=C(/C)C=O)N1CCC2(CC1)Oc1cnccc1C2N)N(C)c1cccc(Cl)c1Cl.C=C.C=CC=C(C)C. The molecule has 0 aliphatic carbocycles. The highest BCUT2D eigenvalue weighted by Gasteiger charge is 2.48. The van der Waals surface area contributed by atoms with Gasteiger partial charge in [-0.1, -0.05) is 53.6 Å². The molecule has 1 aromatic heterocycles. The number of hydrogen-bond acceptors (Lipinski definition) is 6. The number of likely N-dealkylation sites (tertiary alicyclic amines) is 1. The third-order valence-corrected chi connectivity index (χ3v) is 7.78. The Kier molecular flexibility index (Phi) is 12.8. The quantitative estimate of drug-likeness (QED) is 0.0956. The van der Waals surface area contributed by atoms with Crippen molar-refractivity contribution >= 4 is 41.0 Å². The Hall–Kier alpha value is -3.39. The second-order valence-electron chi connectivity index (χ2n) is 9.94. The van der Waals surface area contributed by atoms with Gasteiger partial charge < -0.3 is 20.3 Å². The maximum absolute atomic E-state index is 11.7. The highest BCUT2D eigenvalue weighted by Crippen LogP contribution is 2.47. The summed E-state index contributed by atoms with van der Waals surface area (Å²) >= 11 is 12.6. The third kappa shape index (κ3) is 8.09. The molecule has 9 heteroatoms. The molecule has 2 N–H and O–H groups in total. The minimum atomic E-state index is -0.466. The lowest BCUT2D eigenvalue weighted by molar-refractivity contribution is -0.105. The van der Waals surface area contributed by atoms with E-state index in [1.54, 1.807) is 31.5 Å². The number of nitrogens with two attached hydrogens (primary N) is 1. The number of ether oxygens (including phenoxy) is 1. The summed E-state index contributed by atoms with van der Waals surface area (Å²) in [4.78, 5) is 24.7. The lowest BCUT2D eigenvalue weighted by Crippen LogP contribution is -2.51. The third-order valence-electron chi connectivity index (χ3n) is 6.97. The van der Waals surface area contributed by atoms with Crippen LogP contribution < -0.4 is 15.4 Å². The normalized spacial score (nSPS) is 17.4. The van der Waals surface area contributed by atoms with Crippen LogP contribution >= 0.6 is 23.2 Å². The summed E-state index contributed by atoms with van der Waals surface area (Å²) in [7, 11) is 1.87. The van der Waals surface area contributed by atoms with Gasteiger partial charge in [-0.2, -0.15) is 0 Å². The van der Waals surface area contributed by atoms with E-state index in [0.717, 1.165) is 23.3 Å². The summed E-state index contributed by atoms with van der Waals surface area (Å²) in [6.45, 7) is 18.6. The minimum Gasteiger partial charge on any atom is -0.483 e. The zero-order valence-electron chi connectivity index (χ0n) is 24.7. The molecular formula is C32H41Cl2N5O2. The lowest BCUT2D eigenvalue weighted by atomic mass is 9.83. The van der Waals surface area contributed by atoms with Crippen molar-refractivity contribution in [2.24, 2.45) is 10.7 Å². The highest BCUT2D eigenvalue weighted by atomic mass is 35.5. The van der Waals surface area contributed by atoms with Gasteiger partial charge in [-0.15, -0.1) is 13.2 Å². The van der Waals surface area contributed by atoms with Crippen LogP contribution in [0.25, 0.3) is 0 Å². The summed E-state index contributed by atoms with van der Waals surface area (Å²) in [6.07, 6.45) is 9.48. The Bertz CT molecular complexity index is 1310. The number of rotatable bonds is 5. The second kappa shape index (κ2) is 15.6. The molecule has 0 bridgehead atoms. The van der Waals surface area contributed by atoms with Gasteiger partial charge in [0, 0.05) is 50.3 Å². The molecule has 4 rings (SSSR count). The number of amidine groups is 1. The van der Waals surface area contributed by atoms with E-state index in [2.05, 4.69) is 29.6 Å². The number of allylic oxidation sites excluding steroid dienone is 4. The highest BCUT2D eigenvalue weighted by molar-refractivity contribution is 6.44. The fraction of sp³-hybridized carbons (Fsp3) is 0.344. The van der Waals surface area contributed by atoms with Crippen LogP contribution in [-0.4, -0.2) is 47.7 Å². The first-order valence-corrected chi connectivity index (χ1v) is 14.1. The summed E-state index contributed by atoms with van der Waals surface area (Å²) in [5, 5.41) is 0.925. The number of carbonyl (C=O) groups is 1. The first kappa shape index (κ1) is 33.8. The molecule has 1 aromatic carbocycles. The Morgan fingerprint density at radius 2 is 1.85 bits per heavy atom. The standard InChI is InChI=1S/C24H27Cl2N5O2.C6H10.C2H4/c1-15(14-32)23(29-16(2)30(3)19-6-4-5-18(25)21(19)26)31-11-8-24(9-12-31)22(27)17-7-10-28-13-20(17)33-24;1-4-5-6(2)3;1-2/h4-7,10,13-14,22H,8-9,11-12,27H2,1-3H3;4-5H,1H2,2-3H3;1-2H2/b23-15+,29-16-;;. The molecule has 1 saturated heterocycles. The average Bonchev–Trinajstić information content (AvgIpc) is 3.24. The number of nitrogens with zero attached hydrogens (tertiary/aromatic N) is 4. The van der Waals surface area contributed by atoms with Crippen LogP contribution in [0, 0.1) is 0 Å². The van der Waals surface area contributed by atoms with Crippen LogP contribution in [0.1, 0.15) is 52.1 Å². The van der Waals surface area contributed by atoms with Crippen LogP contribution in [0.4, 0.5) is 5.69 Å². The van der Waals surface area contributed by atoms with E-state index in [4.69, 9.17) is 38.7 Å². The largest absolute Gasteiger partial charge is 0.483 e. The number of aldehydes is 1. The number of halogens is 2. The van der Waals surface area contributed by atoms with Crippen molar-refractivity contribution in [2.75, 3.05) is 25.0 Å². The van der Waals surface area contributed by atoms with E-state index in [1.165, 1.54) is 5.57 Å². The average molecular weight is 599 g/mol. The monoisotopic (exact) mass is 597 g/mol. The number of carbonyl (C=O) groups excluding carboxylic acids is 1. The number of fused-ring (bicyclic) bond motifs is 1. The number of hydrogen-bond donors (Lipinski definition) is 1. The second-order valence-corrected chi connectivity index (χ2v) is 10.7. The number of aromatic nitrogens is 1. The number of pyridine rings is 1. The van der Waals surface area contributed by atoms with Crippen LogP contribution in [0.3, 0.4) is 0 Å². The van der Waals surface area contributed by atoms with Crippen molar-refractivity contribution in [3.05, 3.63) is 101 Å². The van der Waals surface area contributed by atoms with Crippen LogP contribution in [0.15, 0.2) is 90.5 Å². The van der Waals surface area contributed by atoms with Crippen LogP contribution in [-0.2, 0) is 4.79 Å². The number of aliphatic imine (C=N–C) groups is 1. The Morgan fingerprint density at radius 1 is 1.20 bits per heavy atom. The van der Waals surface area contributed by atoms with Gasteiger partial charge in [-0.25, -0.2) is 4.99 Å². The molecule has 2 aliphatic heterocycles. The van der Waals surface area contributed by atoms with Gasteiger partial charge in [0.1, 0.15) is 29.3 Å². The molecule has 2 aliphatic rings. The summed E-state index contributed by atoms with van der Waals surface area (Å²) in [6, 6.07) is 7.16. The fourth-order valence-corrected chi connectivity index (χ4v) is 5.08. The van der Waals surface area contributed by atoms with Gasteiger partial charge in [0.05, 0.1) is 28.0 Å². The summed E-state index contributed by atoms with van der Waals surface area (Å²) in [5.41, 5.74) is 9.69. The topological polar surface area (TPSA) is 84.0 Å². The van der Waals surface area contributed by atoms with E-state index in [-0.39, 0.29) is 6.04 Å². The molecular weight excluding hydrogens is 557 g/mol. The van der Waals surface area contributed by atoms with Crippen molar-refractivity contribution in [2.45, 2.75) is 52.2 Å². The number of piperidine rings is 1. The van der Waals surface area contributed by atoms with Crippen molar-refractivity contribution in [3.8, 4) is 5.75 Å². The molecule has 2 aromatic rings. The van der Waals surface area contributed by atoms with E-state index in [0.29, 0.717) is 53.2 Å². The smallest absolute Gasteiger partial charge is 0.149 e. The van der Waals surface area contributed by atoms with E-state index < -0.39 is 5.60 Å². The molecule has 3 heterocycles. The molecule has 0 saturated carbocycles. The van der Waals surface area contributed by atoms with Crippen molar-refractivity contribution in [1.29, 1.82) is 0 Å². The van der Waals surface area contributed by atoms with Gasteiger partial charge in [0.2, 0.25) is 0 Å². The summed E-state index contributed by atoms with van der Waals surface area (Å²) in [5.74, 6) is 2.07. The van der Waals surface area contributed by atoms with Crippen molar-refractivity contribution in [1.82, 2.24) is 9.88 Å². The molecule has 1 fully saturated rings. The zero-order chi connectivity index (χ0) is 30.7. The van der Waals surface area contributed by atoms with E-state index in [1.807, 2.05) is 57.0 Å². The molecule has 0 amide bonds. The van der Waals surface area contributed by atoms with E-state index >= 15 is 0 Å². The Morgan fingerprint density at radius 3 is 2.39 bits per heavy atom. The predicted molar refractivity (Wildman–Crippen MR) is 173 cm³/mol. The Balaban J connectivity index is 0.000000654. The van der Waals surface area contributed by atoms with Crippen molar-refractivity contribution in [3.63, 3.8) is 0 Å². The molecule has 220 valence electrons. The molecule has 1 spiro atoms. The number of anilines is 1. The maximum atomic E-state index is 11.7. The van der Waals surface area contributed by atoms with E-state index in [9.17, 15) is 4.79 Å². The minimum absolute atomic E-state index is 0.210. The molecule has 0 radical (unpaired) electrons. The van der Waals surface area contributed by atoms with Gasteiger partial charge in [-0.05, 0) is 45.9 Å². The molecule has 1 unspecified atom stereocenters. The van der Waals surface area contributed by atoms with Crippen LogP contribution in [0.2, 0.25) is 10.0 Å². The zero-order valence-corrected chi connectivity index (χ0v) is 26.2. The summed E-state index contributed by atoms with van der Waals surface area (Å²) < 4.78 is 6.29. The molecule has 41 heavy (non-hydrogen) atoms. The Labute approximate surface area is 254 Å². The van der Waals surface area contributed by atoms with Gasteiger partial charge in [0.25, 0.3) is 0 Å².